The molecule has 2 N–H and O–H groups in total. The molecule has 0 bridgehead atoms. The lowest BCUT2D eigenvalue weighted by Crippen LogP contribution is -2.49. The van der Waals surface area contributed by atoms with Crippen molar-refractivity contribution in [3.05, 3.63) is 48.7 Å². The van der Waals surface area contributed by atoms with Crippen LogP contribution in [-0.2, 0) is 0 Å². The number of hydrogen-bond donors (Lipinski definition) is 2. The van der Waals surface area contributed by atoms with Crippen LogP contribution in [0.2, 0.25) is 0 Å². The largest absolute Gasteiger partial charge is 0.497 e. The fourth-order valence-corrected chi connectivity index (χ4v) is 3.97. The molecule has 1 unspecified atom stereocenters. The Balaban J connectivity index is 1.40. The van der Waals surface area contributed by atoms with Gasteiger partial charge in [0.25, 0.3) is 0 Å². The van der Waals surface area contributed by atoms with Gasteiger partial charge in [-0.05, 0) is 30.3 Å². The van der Waals surface area contributed by atoms with Crippen LogP contribution in [0.3, 0.4) is 0 Å². The summed E-state index contributed by atoms with van der Waals surface area (Å²) in [5.41, 5.74) is 2.88. The van der Waals surface area contributed by atoms with Gasteiger partial charge < -0.3 is 19.7 Å². The maximum Gasteiger partial charge on any atom is 0.123 e. The first-order chi connectivity index (χ1) is 15.2. The zero-order valence-electron chi connectivity index (χ0n) is 17.9. The van der Waals surface area contributed by atoms with Crippen LogP contribution in [0.4, 0.5) is 0 Å². The SMILES string of the molecule is COc1cc(OCC(O)CN2CCN(CCO)CC2)cc(-c2cccc3ccnn23)c1. The smallest absolute Gasteiger partial charge is 0.123 e. The van der Waals surface area contributed by atoms with E-state index >= 15 is 0 Å². The number of fused-ring (bicyclic) bond motifs is 1. The number of hydrogen-bond acceptors (Lipinski definition) is 7. The van der Waals surface area contributed by atoms with E-state index in [1.165, 1.54) is 0 Å². The Morgan fingerprint density at radius 2 is 1.81 bits per heavy atom. The van der Waals surface area contributed by atoms with Gasteiger partial charge in [-0.1, -0.05) is 6.07 Å². The van der Waals surface area contributed by atoms with E-state index in [0.29, 0.717) is 24.6 Å². The van der Waals surface area contributed by atoms with Crippen molar-refractivity contribution in [1.82, 2.24) is 19.4 Å². The summed E-state index contributed by atoms with van der Waals surface area (Å²) in [6, 6.07) is 13.7. The Bertz CT molecular complexity index is 985. The van der Waals surface area contributed by atoms with E-state index in [4.69, 9.17) is 14.6 Å². The van der Waals surface area contributed by atoms with Gasteiger partial charge in [0.1, 0.15) is 24.2 Å². The molecule has 1 saturated heterocycles. The molecule has 31 heavy (non-hydrogen) atoms. The van der Waals surface area contributed by atoms with Gasteiger partial charge in [-0.3, -0.25) is 9.80 Å². The number of β-amino-alcohol motifs (C(OH)–C–C–N with tert-alkyl or cyclic N) is 2. The molecule has 0 saturated carbocycles. The topological polar surface area (TPSA) is 82.7 Å². The third-order valence-electron chi connectivity index (χ3n) is 5.63. The molecule has 0 radical (unpaired) electrons. The molecule has 1 atom stereocenters. The molecule has 2 aromatic heterocycles. The van der Waals surface area contributed by atoms with Gasteiger partial charge in [-0.15, -0.1) is 0 Å². The number of pyridine rings is 1. The Kier molecular flexibility index (Phi) is 7.03. The summed E-state index contributed by atoms with van der Waals surface area (Å²) >= 11 is 0. The summed E-state index contributed by atoms with van der Waals surface area (Å²) in [5, 5.41) is 24.0. The molecule has 0 spiro atoms. The monoisotopic (exact) mass is 426 g/mol. The molecule has 1 aliphatic heterocycles. The second kappa shape index (κ2) is 10.1. The molecule has 3 aromatic rings. The molecule has 0 amide bonds. The summed E-state index contributed by atoms with van der Waals surface area (Å²) in [6.07, 6.45) is 1.18. The summed E-state index contributed by atoms with van der Waals surface area (Å²) in [7, 11) is 1.63. The van der Waals surface area contributed by atoms with Gasteiger partial charge in [-0.2, -0.15) is 5.10 Å². The molecule has 1 aromatic carbocycles. The molecule has 1 aliphatic rings. The average molecular weight is 427 g/mol. The van der Waals surface area contributed by atoms with Crippen molar-refractivity contribution in [2.75, 3.05) is 59.6 Å². The summed E-state index contributed by atoms with van der Waals surface area (Å²) in [5.74, 6) is 1.33. The predicted molar refractivity (Wildman–Crippen MR) is 119 cm³/mol. The van der Waals surface area contributed by atoms with Gasteiger partial charge in [0.2, 0.25) is 0 Å². The van der Waals surface area contributed by atoms with Crippen LogP contribution in [0.15, 0.2) is 48.7 Å². The maximum atomic E-state index is 10.5. The zero-order valence-corrected chi connectivity index (χ0v) is 17.9. The number of benzene rings is 1. The Morgan fingerprint density at radius 3 is 2.58 bits per heavy atom. The number of aromatic nitrogens is 2. The van der Waals surface area contributed by atoms with E-state index in [0.717, 1.165) is 43.0 Å². The number of nitrogens with zero attached hydrogens (tertiary/aromatic N) is 4. The molecular weight excluding hydrogens is 396 g/mol. The zero-order chi connectivity index (χ0) is 21.6. The predicted octanol–water partition coefficient (Wildman–Crippen LogP) is 1.36. The van der Waals surface area contributed by atoms with Crippen molar-refractivity contribution in [3.8, 4) is 22.8 Å². The van der Waals surface area contributed by atoms with E-state index < -0.39 is 6.10 Å². The fraction of sp³-hybridized carbons (Fsp3) is 0.435. The van der Waals surface area contributed by atoms with Crippen molar-refractivity contribution >= 4 is 5.52 Å². The first kappa shape index (κ1) is 21.6. The minimum atomic E-state index is -0.589. The highest BCUT2D eigenvalue weighted by Gasteiger charge is 2.19. The van der Waals surface area contributed by atoms with Gasteiger partial charge >= 0.3 is 0 Å². The first-order valence-electron chi connectivity index (χ1n) is 10.6. The fourth-order valence-electron chi connectivity index (χ4n) is 3.97. The van der Waals surface area contributed by atoms with E-state index in [1.54, 1.807) is 13.3 Å². The van der Waals surface area contributed by atoms with Crippen LogP contribution in [0.1, 0.15) is 0 Å². The number of rotatable bonds is 9. The van der Waals surface area contributed by atoms with Crippen LogP contribution in [0, 0.1) is 0 Å². The summed E-state index contributed by atoms with van der Waals surface area (Å²) < 4.78 is 13.3. The normalized spacial score (nSPS) is 16.5. The number of piperazine rings is 1. The van der Waals surface area contributed by atoms with Crippen molar-refractivity contribution in [3.63, 3.8) is 0 Å². The maximum absolute atomic E-state index is 10.5. The Labute approximate surface area is 182 Å². The second-order valence-corrected chi connectivity index (χ2v) is 7.81. The summed E-state index contributed by atoms with van der Waals surface area (Å²) in [6.45, 7) is 5.25. The van der Waals surface area contributed by atoms with Crippen molar-refractivity contribution in [2.24, 2.45) is 0 Å². The number of methoxy groups -OCH3 is 1. The molecule has 8 nitrogen and oxygen atoms in total. The van der Waals surface area contributed by atoms with Crippen LogP contribution < -0.4 is 9.47 Å². The molecule has 0 aliphatic carbocycles. The third kappa shape index (κ3) is 5.34. The highest BCUT2D eigenvalue weighted by molar-refractivity contribution is 5.67. The Morgan fingerprint density at radius 1 is 1.03 bits per heavy atom. The van der Waals surface area contributed by atoms with Gasteiger partial charge in [0.15, 0.2) is 0 Å². The molecule has 4 rings (SSSR count). The number of ether oxygens (including phenoxy) is 2. The van der Waals surface area contributed by atoms with Crippen molar-refractivity contribution in [1.29, 1.82) is 0 Å². The molecular formula is C23H30N4O4. The van der Waals surface area contributed by atoms with Crippen LogP contribution in [0.5, 0.6) is 11.5 Å². The lowest BCUT2D eigenvalue weighted by molar-refractivity contribution is 0.0428. The van der Waals surface area contributed by atoms with Gasteiger partial charge in [0.05, 0.1) is 31.1 Å². The second-order valence-electron chi connectivity index (χ2n) is 7.81. The third-order valence-corrected chi connectivity index (χ3v) is 5.63. The number of aliphatic hydroxyl groups is 2. The van der Waals surface area contributed by atoms with Crippen LogP contribution >= 0.6 is 0 Å². The minimum Gasteiger partial charge on any atom is -0.497 e. The lowest BCUT2D eigenvalue weighted by Gasteiger charge is -2.35. The van der Waals surface area contributed by atoms with Crippen LogP contribution in [0.25, 0.3) is 16.8 Å². The average Bonchev–Trinajstić information content (AvgIpc) is 3.28. The highest BCUT2D eigenvalue weighted by Crippen LogP contribution is 2.30. The highest BCUT2D eigenvalue weighted by atomic mass is 16.5. The first-order valence-corrected chi connectivity index (χ1v) is 10.6. The number of aliphatic hydroxyl groups excluding tert-OH is 2. The molecule has 3 heterocycles. The minimum absolute atomic E-state index is 0.188. The van der Waals surface area contributed by atoms with Gasteiger partial charge in [0, 0.05) is 50.9 Å². The van der Waals surface area contributed by atoms with Crippen molar-refractivity contribution < 1.29 is 19.7 Å². The Hall–Kier alpha value is -2.65. The standard InChI is InChI=1S/C23H30N4O4/c1-30-21-13-18(23-4-2-3-19-5-6-24-27(19)23)14-22(15-21)31-17-20(29)16-26-9-7-25(8-10-26)11-12-28/h2-6,13-15,20,28-29H,7-12,16-17H2,1H3. The van der Waals surface area contributed by atoms with E-state index in [-0.39, 0.29) is 13.2 Å². The van der Waals surface area contributed by atoms with Gasteiger partial charge in [-0.25, -0.2) is 4.52 Å². The van der Waals surface area contributed by atoms with E-state index in [1.807, 2.05) is 47.0 Å². The van der Waals surface area contributed by atoms with E-state index in [2.05, 4.69) is 14.9 Å². The quantitative estimate of drug-likeness (QED) is 0.535. The van der Waals surface area contributed by atoms with E-state index in [9.17, 15) is 5.11 Å². The van der Waals surface area contributed by atoms with Crippen molar-refractivity contribution in [2.45, 2.75) is 6.10 Å². The summed E-state index contributed by atoms with van der Waals surface area (Å²) in [4.78, 5) is 4.47. The lowest BCUT2D eigenvalue weighted by atomic mass is 10.1. The molecule has 166 valence electrons. The molecule has 8 heteroatoms. The van der Waals surface area contributed by atoms with Crippen LogP contribution in [-0.4, -0.2) is 95.3 Å². The molecule has 1 fully saturated rings.